The molecule has 0 saturated heterocycles. The van der Waals surface area contributed by atoms with Crippen LogP contribution in [-0.2, 0) is 6.42 Å². The van der Waals surface area contributed by atoms with Crippen molar-refractivity contribution in [2.45, 2.75) is 13.3 Å². The number of carbonyl (C=O) groups excluding carboxylic acids is 1. The Labute approximate surface area is 157 Å². The van der Waals surface area contributed by atoms with Gasteiger partial charge in [0.15, 0.2) is 0 Å². The standard InChI is InChI=1S/C19H16F2N4O3/c1-11-5-7-25(15-8-12(20)2-3-14(15)21)19(28)17(11)18(27)22-6-4-13-9-16(26)24-10-23-13/h2-3,5,7-10H,4,6H2,1H3,(H,22,27)(H,23,24,26). The van der Waals surface area contributed by atoms with E-state index in [1.807, 2.05) is 0 Å². The Bertz CT molecular complexity index is 1150. The van der Waals surface area contributed by atoms with Gasteiger partial charge in [0.1, 0.15) is 17.2 Å². The molecule has 0 saturated carbocycles. The topological polar surface area (TPSA) is 96.9 Å². The Kier molecular flexibility index (Phi) is 5.44. The number of pyridine rings is 1. The number of aromatic amines is 1. The van der Waals surface area contributed by atoms with E-state index in [1.54, 1.807) is 6.92 Å². The SMILES string of the molecule is Cc1ccn(-c2cc(F)ccc2F)c(=O)c1C(=O)NCCc1cc(=O)[nH]cn1. The van der Waals surface area contributed by atoms with Crippen molar-refractivity contribution in [1.29, 1.82) is 0 Å². The fourth-order valence-electron chi connectivity index (χ4n) is 2.70. The molecule has 7 nitrogen and oxygen atoms in total. The zero-order valence-electron chi connectivity index (χ0n) is 14.8. The predicted molar refractivity (Wildman–Crippen MR) is 97.6 cm³/mol. The fourth-order valence-corrected chi connectivity index (χ4v) is 2.70. The lowest BCUT2D eigenvalue weighted by molar-refractivity contribution is 0.0951. The number of H-pyrrole nitrogens is 1. The van der Waals surface area contributed by atoms with Gasteiger partial charge in [-0.15, -0.1) is 0 Å². The average Bonchev–Trinajstić information content (AvgIpc) is 2.64. The van der Waals surface area contributed by atoms with E-state index >= 15 is 0 Å². The van der Waals surface area contributed by atoms with Crippen molar-refractivity contribution in [3.8, 4) is 5.69 Å². The number of aryl methyl sites for hydroxylation is 1. The molecule has 28 heavy (non-hydrogen) atoms. The zero-order chi connectivity index (χ0) is 20.3. The Balaban J connectivity index is 1.85. The summed E-state index contributed by atoms with van der Waals surface area (Å²) < 4.78 is 28.4. The van der Waals surface area contributed by atoms with E-state index in [0.717, 1.165) is 22.8 Å². The molecule has 0 radical (unpaired) electrons. The van der Waals surface area contributed by atoms with Crippen molar-refractivity contribution in [3.63, 3.8) is 0 Å². The molecular formula is C19H16F2N4O3. The number of hydrogen-bond donors (Lipinski definition) is 2. The first-order chi connectivity index (χ1) is 13.4. The minimum Gasteiger partial charge on any atom is -0.351 e. The summed E-state index contributed by atoms with van der Waals surface area (Å²) in [5, 5.41) is 2.58. The van der Waals surface area contributed by atoms with Gasteiger partial charge in [-0.05, 0) is 30.7 Å². The van der Waals surface area contributed by atoms with Crippen molar-refractivity contribution in [3.05, 3.63) is 92.0 Å². The number of hydrogen-bond acceptors (Lipinski definition) is 4. The van der Waals surface area contributed by atoms with Crippen LogP contribution >= 0.6 is 0 Å². The molecule has 0 unspecified atom stereocenters. The minimum atomic E-state index is -0.793. The summed E-state index contributed by atoms with van der Waals surface area (Å²) in [5.41, 5.74) is -0.666. The number of halogens is 2. The maximum absolute atomic E-state index is 14.0. The monoisotopic (exact) mass is 386 g/mol. The summed E-state index contributed by atoms with van der Waals surface area (Å²) in [6.45, 7) is 1.71. The van der Waals surface area contributed by atoms with Gasteiger partial charge < -0.3 is 10.3 Å². The second-order valence-electron chi connectivity index (χ2n) is 6.05. The van der Waals surface area contributed by atoms with Crippen LogP contribution in [0, 0.1) is 18.6 Å². The van der Waals surface area contributed by atoms with Crippen molar-refractivity contribution in [1.82, 2.24) is 19.9 Å². The molecule has 0 aliphatic rings. The summed E-state index contributed by atoms with van der Waals surface area (Å²) in [6, 6.07) is 5.50. The molecule has 2 N–H and O–H groups in total. The van der Waals surface area contributed by atoms with E-state index in [2.05, 4.69) is 15.3 Å². The Hall–Kier alpha value is -3.62. The zero-order valence-corrected chi connectivity index (χ0v) is 14.8. The molecule has 2 aromatic heterocycles. The third-order valence-corrected chi connectivity index (χ3v) is 4.10. The molecule has 9 heteroatoms. The number of amides is 1. The minimum absolute atomic E-state index is 0.136. The lowest BCUT2D eigenvalue weighted by Gasteiger charge is -2.12. The van der Waals surface area contributed by atoms with Gasteiger partial charge in [0.25, 0.3) is 17.0 Å². The number of benzene rings is 1. The first kappa shape index (κ1) is 19.2. The highest BCUT2D eigenvalue weighted by molar-refractivity contribution is 5.95. The highest BCUT2D eigenvalue weighted by Gasteiger charge is 2.18. The predicted octanol–water partition coefficient (Wildman–Crippen LogP) is 1.48. The molecule has 0 aliphatic carbocycles. The Morgan fingerprint density at radius 3 is 2.75 bits per heavy atom. The summed E-state index contributed by atoms with van der Waals surface area (Å²) in [5.74, 6) is -2.15. The molecule has 1 amide bonds. The lowest BCUT2D eigenvalue weighted by Crippen LogP contribution is -2.34. The number of nitrogens with one attached hydrogen (secondary N) is 2. The van der Waals surface area contributed by atoms with Crippen molar-refractivity contribution in [2.24, 2.45) is 0 Å². The maximum atomic E-state index is 14.0. The molecule has 0 atom stereocenters. The number of aromatic nitrogens is 3. The van der Waals surface area contributed by atoms with Gasteiger partial charge in [-0.1, -0.05) is 0 Å². The van der Waals surface area contributed by atoms with Gasteiger partial charge >= 0.3 is 0 Å². The van der Waals surface area contributed by atoms with Crippen LogP contribution in [0.1, 0.15) is 21.6 Å². The molecule has 0 spiro atoms. The van der Waals surface area contributed by atoms with E-state index in [4.69, 9.17) is 0 Å². The quantitative estimate of drug-likeness (QED) is 0.694. The van der Waals surface area contributed by atoms with Crippen LogP contribution in [0.25, 0.3) is 5.69 Å². The van der Waals surface area contributed by atoms with Gasteiger partial charge in [0.05, 0.1) is 12.0 Å². The van der Waals surface area contributed by atoms with E-state index in [-0.39, 0.29) is 29.8 Å². The molecule has 3 aromatic rings. The van der Waals surface area contributed by atoms with Gasteiger partial charge in [-0.3, -0.25) is 19.0 Å². The molecule has 0 fully saturated rings. The number of nitrogens with zero attached hydrogens (tertiary/aromatic N) is 2. The van der Waals surface area contributed by atoms with Gasteiger partial charge in [0, 0.05) is 37.0 Å². The summed E-state index contributed by atoms with van der Waals surface area (Å²) in [7, 11) is 0. The summed E-state index contributed by atoms with van der Waals surface area (Å²) >= 11 is 0. The Morgan fingerprint density at radius 1 is 1.21 bits per heavy atom. The molecule has 1 aromatic carbocycles. The maximum Gasteiger partial charge on any atom is 0.268 e. The Morgan fingerprint density at radius 2 is 2.00 bits per heavy atom. The van der Waals surface area contributed by atoms with Crippen molar-refractivity contribution >= 4 is 5.91 Å². The first-order valence-corrected chi connectivity index (χ1v) is 8.36. The van der Waals surface area contributed by atoms with Gasteiger partial charge in [-0.2, -0.15) is 0 Å². The van der Waals surface area contributed by atoms with Crippen molar-refractivity contribution in [2.75, 3.05) is 6.54 Å². The van der Waals surface area contributed by atoms with E-state index in [9.17, 15) is 23.2 Å². The smallest absolute Gasteiger partial charge is 0.268 e. The molecule has 0 bridgehead atoms. The normalized spacial score (nSPS) is 10.7. The summed E-state index contributed by atoms with van der Waals surface area (Å²) in [4.78, 5) is 42.8. The number of rotatable bonds is 5. The van der Waals surface area contributed by atoms with Crippen LogP contribution < -0.4 is 16.4 Å². The van der Waals surface area contributed by atoms with E-state index < -0.39 is 23.1 Å². The molecule has 144 valence electrons. The molecular weight excluding hydrogens is 370 g/mol. The highest BCUT2D eigenvalue weighted by atomic mass is 19.1. The third-order valence-electron chi connectivity index (χ3n) is 4.10. The highest BCUT2D eigenvalue weighted by Crippen LogP contribution is 2.14. The van der Waals surface area contributed by atoms with Crippen molar-refractivity contribution < 1.29 is 13.6 Å². The molecule has 3 rings (SSSR count). The average molecular weight is 386 g/mol. The lowest BCUT2D eigenvalue weighted by atomic mass is 10.1. The van der Waals surface area contributed by atoms with E-state index in [1.165, 1.54) is 24.7 Å². The number of carbonyl (C=O) groups is 1. The molecule has 2 heterocycles. The van der Waals surface area contributed by atoms with Crippen LogP contribution in [-0.4, -0.2) is 27.0 Å². The van der Waals surface area contributed by atoms with Crippen LogP contribution in [0.2, 0.25) is 0 Å². The van der Waals surface area contributed by atoms with E-state index in [0.29, 0.717) is 11.3 Å². The second-order valence-corrected chi connectivity index (χ2v) is 6.05. The molecule has 0 aliphatic heterocycles. The first-order valence-electron chi connectivity index (χ1n) is 8.36. The van der Waals surface area contributed by atoms with Crippen LogP contribution in [0.4, 0.5) is 8.78 Å². The van der Waals surface area contributed by atoms with Crippen LogP contribution in [0.3, 0.4) is 0 Å². The largest absolute Gasteiger partial charge is 0.351 e. The second kappa shape index (κ2) is 7.95. The van der Waals surface area contributed by atoms with Gasteiger partial charge in [0.2, 0.25) is 0 Å². The van der Waals surface area contributed by atoms with Crippen LogP contribution in [0.5, 0.6) is 0 Å². The fraction of sp³-hybridized carbons (Fsp3) is 0.158. The van der Waals surface area contributed by atoms with Crippen LogP contribution in [0.15, 0.2) is 52.4 Å². The van der Waals surface area contributed by atoms with Gasteiger partial charge in [-0.25, -0.2) is 13.8 Å². The summed E-state index contributed by atoms with van der Waals surface area (Å²) in [6.07, 6.45) is 2.83. The third kappa shape index (κ3) is 4.03.